The fraction of sp³-hybridized carbons (Fsp3) is 0.600. The van der Waals surface area contributed by atoms with Crippen LogP contribution in [0, 0.1) is 5.92 Å². The second kappa shape index (κ2) is 6.78. The van der Waals surface area contributed by atoms with E-state index < -0.39 is 0 Å². The van der Waals surface area contributed by atoms with Gasteiger partial charge in [-0.2, -0.15) is 0 Å². The fourth-order valence-corrected chi connectivity index (χ4v) is 2.01. The summed E-state index contributed by atoms with van der Waals surface area (Å²) >= 11 is 0. The summed E-state index contributed by atoms with van der Waals surface area (Å²) < 4.78 is 11.3. The monoisotopic (exact) mass is 265 g/mol. The van der Waals surface area contributed by atoms with Gasteiger partial charge in [-0.1, -0.05) is 13.0 Å². The van der Waals surface area contributed by atoms with Gasteiger partial charge in [-0.3, -0.25) is 0 Å². The minimum absolute atomic E-state index is 0.209. The highest BCUT2D eigenvalue weighted by molar-refractivity contribution is 5.44. The highest BCUT2D eigenvalue weighted by atomic mass is 16.5. The third kappa shape index (κ3) is 3.85. The van der Waals surface area contributed by atoms with Gasteiger partial charge < -0.3 is 19.9 Å². The molecule has 2 N–H and O–H groups in total. The first kappa shape index (κ1) is 14.2. The van der Waals surface area contributed by atoms with Crippen LogP contribution in [0.3, 0.4) is 0 Å². The van der Waals surface area contributed by atoms with Gasteiger partial charge in [0.1, 0.15) is 0 Å². The van der Waals surface area contributed by atoms with E-state index in [1.165, 1.54) is 5.56 Å². The number of hydrogen-bond acceptors (Lipinski definition) is 4. The van der Waals surface area contributed by atoms with Crippen molar-refractivity contribution in [1.82, 2.24) is 5.32 Å². The van der Waals surface area contributed by atoms with Crippen LogP contribution >= 0.6 is 0 Å². The maximum Gasteiger partial charge on any atom is 0.161 e. The molecule has 0 saturated carbocycles. The van der Waals surface area contributed by atoms with E-state index >= 15 is 0 Å². The molecule has 2 rings (SSSR count). The lowest BCUT2D eigenvalue weighted by atomic mass is 10.1. The highest BCUT2D eigenvalue weighted by Gasteiger charge is 2.13. The number of aliphatic hydroxyl groups excluding tert-OH is 1. The third-order valence-electron chi connectivity index (χ3n) is 3.36. The van der Waals surface area contributed by atoms with Gasteiger partial charge in [0.25, 0.3) is 0 Å². The Bertz CT molecular complexity index is 408. The smallest absolute Gasteiger partial charge is 0.161 e. The van der Waals surface area contributed by atoms with Crippen LogP contribution in [0.5, 0.6) is 11.5 Å². The molecule has 19 heavy (non-hydrogen) atoms. The van der Waals surface area contributed by atoms with Gasteiger partial charge in [-0.15, -0.1) is 0 Å². The molecule has 1 heterocycles. The Morgan fingerprint density at radius 1 is 1.21 bits per heavy atom. The van der Waals surface area contributed by atoms with Crippen LogP contribution in [0.4, 0.5) is 0 Å². The molecule has 0 aliphatic carbocycles. The summed E-state index contributed by atoms with van der Waals surface area (Å²) in [7, 11) is 0. The molecule has 0 aromatic heterocycles. The van der Waals surface area contributed by atoms with E-state index in [0.717, 1.165) is 24.5 Å². The van der Waals surface area contributed by atoms with Gasteiger partial charge in [-0.25, -0.2) is 0 Å². The van der Waals surface area contributed by atoms with Crippen molar-refractivity contribution in [3.05, 3.63) is 23.8 Å². The molecule has 0 fully saturated rings. The third-order valence-corrected chi connectivity index (χ3v) is 3.36. The van der Waals surface area contributed by atoms with Crippen LogP contribution < -0.4 is 14.8 Å². The fourth-order valence-electron chi connectivity index (χ4n) is 2.01. The summed E-state index contributed by atoms with van der Waals surface area (Å²) in [5.74, 6) is 1.93. The van der Waals surface area contributed by atoms with Crippen molar-refractivity contribution >= 4 is 0 Å². The van der Waals surface area contributed by atoms with E-state index in [1.54, 1.807) is 0 Å². The number of hydrogen-bond donors (Lipinski definition) is 2. The summed E-state index contributed by atoms with van der Waals surface area (Å²) in [5.41, 5.74) is 1.18. The molecule has 0 saturated heterocycles. The first-order chi connectivity index (χ1) is 9.20. The molecule has 0 bridgehead atoms. The summed E-state index contributed by atoms with van der Waals surface area (Å²) in [6.45, 7) is 6.57. The zero-order valence-corrected chi connectivity index (χ0v) is 11.7. The van der Waals surface area contributed by atoms with Crippen LogP contribution in [0.15, 0.2) is 18.2 Å². The SMILES string of the molecule is CC(CO)CNC(C)c1ccc2c(c1)OCCCO2. The van der Waals surface area contributed by atoms with E-state index in [0.29, 0.717) is 13.2 Å². The zero-order valence-electron chi connectivity index (χ0n) is 11.7. The van der Waals surface area contributed by atoms with Crippen molar-refractivity contribution in [2.75, 3.05) is 26.4 Å². The van der Waals surface area contributed by atoms with Gasteiger partial charge >= 0.3 is 0 Å². The van der Waals surface area contributed by atoms with Crippen LogP contribution in [-0.2, 0) is 0 Å². The molecular formula is C15H23NO3. The van der Waals surface area contributed by atoms with E-state index in [2.05, 4.69) is 18.3 Å². The molecule has 1 aliphatic heterocycles. The number of ether oxygens (including phenoxy) is 2. The first-order valence-electron chi connectivity index (χ1n) is 6.94. The van der Waals surface area contributed by atoms with Gasteiger partial charge in [0.05, 0.1) is 13.2 Å². The topological polar surface area (TPSA) is 50.7 Å². The van der Waals surface area contributed by atoms with Crippen LogP contribution in [0.2, 0.25) is 0 Å². The second-order valence-electron chi connectivity index (χ2n) is 5.17. The number of aliphatic hydroxyl groups is 1. The van der Waals surface area contributed by atoms with E-state index in [9.17, 15) is 0 Å². The lowest BCUT2D eigenvalue weighted by molar-refractivity contribution is 0.231. The molecule has 1 aromatic carbocycles. The Labute approximate surface area is 114 Å². The van der Waals surface area contributed by atoms with E-state index in [-0.39, 0.29) is 18.6 Å². The molecule has 4 heteroatoms. The molecule has 4 nitrogen and oxygen atoms in total. The predicted molar refractivity (Wildman–Crippen MR) is 74.7 cm³/mol. The van der Waals surface area contributed by atoms with Gasteiger partial charge in [-0.05, 0) is 30.5 Å². The van der Waals surface area contributed by atoms with Crippen molar-refractivity contribution in [3.8, 4) is 11.5 Å². The number of nitrogens with one attached hydrogen (secondary N) is 1. The number of rotatable bonds is 5. The first-order valence-corrected chi connectivity index (χ1v) is 6.94. The molecule has 2 unspecified atom stereocenters. The second-order valence-corrected chi connectivity index (χ2v) is 5.17. The predicted octanol–water partition coefficient (Wildman–Crippen LogP) is 2.13. The lowest BCUT2D eigenvalue weighted by Gasteiger charge is -2.18. The Morgan fingerprint density at radius 3 is 2.68 bits per heavy atom. The maximum absolute atomic E-state index is 9.03. The van der Waals surface area contributed by atoms with Crippen LogP contribution in [0.1, 0.15) is 31.9 Å². The molecule has 1 aromatic rings. The molecule has 0 radical (unpaired) electrons. The quantitative estimate of drug-likeness (QED) is 0.856. The molecule has 2 atom stereocenters. The Kier molecular flexibility index (Phi) is 5.05. The van der Waals surface area contributed by atoms with Gasteiger partial charge in [0, 0.05) is 25.6 Å². The Morgan fingerprint density at radius 2 is 1.95 bits per heavy atom. The van der Waals surface area contributed by atoms with Gasteiger partial charge in [0.15, 0.2) is 11.5 Å². The van der Waals surface area contributed by atoms with Crippen molar-refractivity contribution in [3.63, 3.8) is 0 Å². The summed E-state index contributed by atoms with van der Waals surface area (Å²) in [6, 6.07) is 6.31. The van der Waals surface area contributed by atoms with Crippen LogP contribution in [0.25, 0.3) is 0 Å². The average Bonchev–Trinajstić information content (AvgIpc) is 2.68. The van der Waals surface area contributed by atoms with E-state index in [1.807, 2.05) is 19.1 Å². The van der Waals surface area contributed by atoms with Crippen molar-refractivity contribution in [2.24, 2.45) is 5.92 Å². The molecular weight excluding hydrogens is 242 g/mol. The summed E-state index contributed by atoms with van der Waals surface area (Å²) in [4.78, 5) is 0. The van der Waals surface area contributed by atoms with Crippen molar-refractivity contribution in [1.29, 1.82) is 0 Å². The Balaban J connectivity index is 2.02. The number of fused-ring (bicyclic) bond motifs is 1. The maximum atomic E-state index is 9.03. The minimum Gasteiger partial charge on any atom is -0.490 e. The minimum atomic E-state index is 0.209. The lowest BCUT2D eigenvalue weighted by Crippen LogP contribution is -2.26. The summed E-state index contributed by atoms with van der Waals surface area (Å²) in [5, 5.41) is 12.4. The van der Waals surface area contributed by atoms with E-state index in [4.69, 9.17) is 14.6 Å². The largest absolute Gasteiger partial charge is 0.490 e. The average molecular weight is 265 g/mol. The summed E-state index contributed by atoms with van der Waals surface area (Å²) in [6.07, 6.45) is 0.922. The number of benzene rings is 1. The van der Waals surface area contributed by atoms with Crippen LogP contribution in [-0.4, -0.2) is 31.5 Å². The highest BCUT2D eigenvalue weighted by Crippen LogP contribution is 2.32. The standard InChI is InChI=1S/C15H23NO3/c1-11(10-17)9-16-12(2)13-4-5-14-15(8-13)19-7-3-6-18-14/h4-5,8,11-12,16-17H,3,6-7,9-10H2,1-2H3. The Hall–Kier alpha value is -1.26. The molecule has 0 spiro atoms. The molecule has 0 amide bonds. The molecule has 106 valence electrons. The molecule has 1 aliphatic rings. The van der Waals surface area contributed by atoms with Crippen molar-refractivity contribution in [2.45, 2.75) is 26.3 Å². The van der Waals surface area contributed by atoms with Crippen molar-refractivity contribution < 1.29 is 14.6 Å². The normalized spacial score (nSPS) is 17.6. The van der Waals surface area contributed by atoms with Gasteiger partial charge in [0.2, 0.25) is 0 Å². The zero-order chi connectivity index (χ0) is 13.7.